The van der Waals surface area contributed by atoms with Gasteiger partial charge in [0.1, 0.15) is 6.54 Å². The molecule has 0 radical (unpaired) electrons. The normalized spacial score (nSPS) is 15.6. The number of nitrogens with one attached hydrogen (secondary N) is 1. The molecule has 1 aliphatic rings. The number of rotatable bonds is 6. The van der Waals surface area contributed by atoms with Crippen molar-refractivity contribution in [3.63, 3.8) is 0 Å². The molecule has 3 heteroatoms. The number of aryl methyl sites for hydroxylation is 1. The Hall–Kier alpha value is -3.17. The van der Waals surface area contributed by atoms with Crippen LogP contribution in [0.25, 0.3) is 17.2 Å². The largest absolute Gasteiger partial charge is 0.323 e. The molecular weight excluding hydrogens is 392 g/mol. The maximum Gasteiger partial charge on any atom is 0.248 e. The standard InChI is InChI=1S/C29H32N2O/c1-23-9-4-5-12-28(23)26-11-8-10-24(21-26)15-18-29(32)30-27-16-13-25(14-17-27)22-31(2)19-6-3-7-20-31/h4-5,8-18,21H,3,6-7,19-20,22H2,1-2H3/p+1. The molecule has 32 heavy (non-hydrogen) atoms. The number of carbonyl (C=O) groups is 1. The third kappa shape index (κ3) is 5.74. The van der Waals surface area contributed by atoms with Gasteiger partial charge in [0.2, 0.25) is 5.91 Å². The van der Waals surface area contributed by atoms with E-state index in [-0.39, 0.29) is 5.91 Å². The first-order valence-electron chi connectivity index (χ1n) is 11.6. The van der Waals surface area contributed by atoms with Gasteiger partial charge in [0.15, 0.2) is 0 Å². The van der Waals surface area contributed by atoms with Gasteiger partial charge in [0, 0.05) is 17.3 Å². The Kier molecular flexibility index (Phi) is 6.87. The first kappa shape index (κ1) is 22.0. The van der Waals surface area contributed by atoms with Gasteiger partial charge in [-0.3, -0.25) is 4.79 Å². The molecule has 1 saturated heterocycles. The smallest absolute Gasteiger partial charge is 0.248 e. The van der Waals surface area contributed by atoms with E-state index < -0.39 is 0 Å². The van der Waals surface area contributed by atoms with Crippen LogP contribution in [0.2, 0.25) is 0 Å². The van der Waals surface area contributed by atoms with Crippen molar-refractivity contribution >= 4 is 17.7 Å². The second-order valence-electron chi connectivity index (χ2n) is 9.25. The number of hydrogen-bond acceptors (Lipinski definition) is 1. The number of nitrogens with zero attached hydrogens (tertiary/aromatic N) is 1. The highest BCUT2D eigenvalue weighted by Gasteiger charge is 2.24. The summed E-state index contributed by atoms with van der Waals surface area (Å²) < 4.78 is 1.12. The first-order valence-corrected chi connectivity index (χ1v) is 11.6. The van der Waals surface area contributed by atoms with E-state index >= 15 is 0 Å². The topological polar surface area (TPSA) is 29.1 Å². The molecule has 1 amide bonds. The van der Waals surface area contributed by atoms with Crippen LogP contribution in [0.4, 0.5) is 5.69 Å². The van der Waals surface area contributed by atoms with Crippen LogP contribution >= 0.6 is 0 Å². The second kappa shape index (κ2) is 9.97. The quantitative estimate of drug-likeness (QED) is 0.357. The highest BCUT2D eigenvalue weighted by atomic mass is 16.1. The average Bonchev–Trinajstić information content (AvgIpc) is 2.80. The zero-order valence-corrected chi connectivity index (χ0v) is 19.2. The summed E-state index contributed by atoms with van der Waals surface area (Å²) in [5, 5.41) is 2.98. The Morgan fingerprint density at radius 1 is 0.938 bits per heavy atom. The van der Waals surface area contributed by atoms with Gasteiger partial charge in [-0.1, -0.05) is 54.6 Å². The Morgan fingerprint density at radius 2 is 1.69 bits per heavy atom. The van der Waals surface area contributed by atoms with Crippen molar-refractivity contribution in [3.05, 3.63) is 95.6 Å². The first-order chi connectivity index (χ1) is 15.5. The van der Waals surface area contributed by atoms with Gasteiger partial charge in [0.25, 0.3) is 0 Å². The lowest BCUT2D eigenvalue weighted by molar-refractivity contribution is -0.926. The van der Waals surface area contributed by atoms with Crippen molar-refractivity contribution in [2.24, 2.45) is 0 Å². The number of quaternary nitrogens is 1. The number of carbonyl (C=O) groups excluding carboxylic acids is 1. The van der Waals surface area contributed by atoms with Crippen molar-refractivity contribution in [2.45, 2.75) is 32.7 Å². The van der Waals surface area contributed by atoms with Gasteiger partial charge in [-0.15, -0.1) is 0 Å². The van der Waals surface area contributed by atoms with E-state index in [0.29, 0.717) is 0 Å². The van der Waals surface area contributed by atoms with E-state index in [9.17, 15) is 4.79 Å². The zero-order chi connectivity index (χ0) is 22.4. The van der Waals surface area contributed by atoms with Crippen LogP contribution in [0.15, 0.2) is 78.9 Å². The van der Waals surface area contributed by atoms with Crippen LogP contribution in [-0.4, -0.2) is 30.5 Å². The summed E-state index contributed by atoms with van der Waals surface area (Å²) in [5.41, 5.74) is 6.79. The molecule has 164 valence electrons. The van der Waals surface area contributed by atoms with Crippen LogP contribution in [0.1, 0.15) is 36.0 Å². The maximum atomic E-state index is 12.4. The fourth-order valence-corrected chi connectivity index (χ4v) is 4.63. The van der Waals surface area contributed by atoms with E-state index in [2.05, 4.69) is 67.8 Å². The van der Waals surface area contributed by atoms with Gasteiger partial charge in [-0.2, -0.15) is 0 Å². The van der Waals surface area contributed by atoms with Gasteiger partial charge >= 0.3 is 0 Å². The zero-order valence-electron chi connectivity index (χ0n) is 19.2. The molecule has 1 fully saturated rings. The molecule has 0 atom stereocenters. The Bertz CT molecular complexity index is 1090. The van der Waals surface area contributed by atoms with E-state index in [4.69, 9.17) is 0 Å². The minimum Gasteiger partial charge on any atom is -0.323 e. The van der Waals surface area contributed by atoms with Crippen molar-refractivity contribution < 1.29 is 9.28 Å². The van der Waals surface area contributed by atoms with E-state index in [0.717, 1.165) is 27.8 Å². The molecule has 3 aromatic rings. The summed E-state index contributed by atoms with van der Waals surface area (Å²) in [5.74, 6) is -0.117. The van der Waals surface area contributed by atoms with E-state index in [1.165, 1.54) is 49.0 Å². The molecule has 3 aromatic carbocycles. The summed E-state index contributed by atoms with van der Waals surface area (Å²) in [6, 6.07) is 24.9. The predicted octanol–water partition coefficient (Wildman–Crippen LogP) is 6.44. The van der Waals surface area contributed by atoms with Crippen molar-refractivity contribution in [1.29, 1.82) is 0 Å². The van der Waals surface area contributed by atoms with Crippen LogP contribution < -0.4 is 5.32 Å². The Morgan fingerprint density at radius 3 is 2.44 bits per heavy atom. The third-order valence-corrected chi connectivity index (χ3v) is 6.45. The third-order valence-electron chi connectivity index (χ3n) is 6.45. The predicted molar refractivity (Wildman–Crippen MR) is 134 cm³/mol. The lowest BCUT2D eigenvalue weighted by Gasteiger charge is -2.37. The SMILES string of the molecule is Cc1ccccc1-c1cccc(C=CC(=O)Nc2ccc(C[N+]3(C)CCCCC3)cc2)c1. The molecule has 1 N–H and O–H groups in total. The van der Waals surface area contributed by atoms with E-state index in [1.807, 2.05) is 30.3 Å². The number of piperidine rings is 1. The molecule has 4 rings (SSSR count). The highest BCUT2D eigenvalue weighted by Crippen LogP contribution is 2.24. The van der Waals surface area contributed by atoms with Gasteiger partial charge in [0.05, 0.1) is 20.1 Å². The molecule has 1 aliphatic heterocycles. The molecule has 0 spiro atoms. The van der Waals surface area contributed by atoms with Gasteiger partial charge in [-0.25, -0.2) is 0 Å². The molecular formula is C29H33N2O+. The van der Waals surface area contributed by atoms with Crippen LogP contribution in [-0.2, 0) is 11.3 Å². The second-order valence-corrected chi connectivity index (χ2v) is 9.25. The monoisotopic (exact) mass is 425 g/mol. The maximum absolute atomic E-state index is 12.4. The summed E-state index contributed by atoms with van der Waals surface area (Å²) in [6.07, 6.45) is 7.48. The molecule has 0 unspecified atom stereocenters. The van der Waals surface area contributed by atoms with Crippen LogP contribution in [0.5, 0.6) is 0 Å². The van der Waals surface area contributed by atoms with Crippen LogP contribution in [0, 0.1) is 6.92 Å². The van der Waals surface area contributed by atoms with Gasteiger partial charge < -0.3 is 9.80 Å². The summed E-state index contributed by atoms with van der Waals surface area (Å²) in [7, 11) is 2.35. The number of amides is 1. The van der Waals surface area contributed by atoms with Crippen molar-refractivity contribution in [2.75, 3.05) is 25.5 Å². The molecule has 0 aromatic heterocycles. The summed E-state index contributed by atoms with van der Waals surface area (Å²) in [4.78, 5) is 12.4. The lowest BCUT2D eigenvalue weighted by atomic mass is 9.99. The molecule has 0 aliphatic carbocycles. The summed E-state index contributed by atoms with van der Waals surface area (Å²) in [6.45, 7) is 5.69. The van der Waals surface area contributed by atoms with E-state index in [1.54, 1.807) is 6.08 Å². The average molecular weight is 426 g/mol. The fourth-order valence-electron chi connectivity index (χ4n) is 4.63. The Balaban J connectivity index is 1.36. The molecule has 3 nitrogen and oxygen atoms in total. The molecule has 0 bridgehead atoms. The highest BCUT2D eigenvalue weighted by molar-refractivity contribution is 6.02. The minimum absolute atomic E-state index is 0.117. The number of benzene rings is 3. The minimum atomic E-state index is -0.117. The number of likely N-dealkylation sites (tertiary alicyclic amines) is 1. The summed E-state index contributed by atoms with van der Waals surface area (Å²) >= 11 is 0. The number of anilines is 1. The van der Waals surface area contributed by atoms with Crippen LogP contribution in [0.3, 0.4) is 0 Å². The van der Waals surface area contributed by atoms with Gasteiger partial charge in [-0.05, 0) is 72.7 Å². The Labute approximate surface area is 192 Å². The fraction of sp³-hybridized carbons (Fsp3) is 0.276. The van der Waals surface area contributed by atoms with Crippen molar-refractivity contribution in [1.82, 2.24) is 0 Å². The van der Waals surface area contributed by atoms with Crippen molar-refractivity contribution in [3.8, 4) is 11.1 Å². The molecule has 0 saturated carbocycles. The molecule has 1 heterocycles. The number of hydrogen-bond donors (Lipinski definition) is 1. The lowest BCUT2D eigenvalue weighted by Crippen LogP contribution is -2.46.